The number of imidazole rings is 1. The largest absolute Gasteiger partial charge is 0.494 e. The number of aldehydes is 1. The van der Waals surface area contributed by atoms with Crippen molar-refractivity contribution in [3.8, 4) is 5.75 Å². The molecule has 2 aromatic heterocycles. The number of hydrogen-bond donors (Lipinski definition) is 3. The van der Waals surface area contributed by atoms with Crippen molar-refractivity contribution in [3.05, 3.63) is 82.7 Å². The van der Waals surface area contributed by atoms with Gasteiger partial charge in [-0.25, -0.2) is 4.98 Å². The first kappa shape index (κ1) is 29.5. The molecule has 0 saturated carbocycles. The van der Waals surface area contributed by atoms with Gasteiger partial charge in [-0.15, -0.1) is 0 Å². The van der Waals surface area contributed by atoms with Gasteiger partial charge in [0.25, 0.3) is 5.91 Å². The lowest BCUT2D eigenvalue weighted by Crippen LogP contribution is -2.29. The molecule has 11 heteroatoms. The predicted molar refractivity (Wildman–Crippen MR) is 165 cm³/mol. The first-order valence-corrected chi connectivity index (χ1v) is 14.1. The zero-order chi connectivity index (χ0) is 30.7. The second-order valence-electron chi connectivity index (χ2n) is 10.4. The van der Waals surface area contributed by atoms with Gasteiger partial charge in [0.1, 0.15) is 23.2 Å². The van der Waals surface area contributed by atoms with Crippen LogP contribution in [0.5, 0.6) is 5.75 Å². The molecule has 222 valence electrons. The van der Waals surface area contributed by atoms with Crippen LogP contribution in [0.1, 0.15) is 63.6 Å². The van der Waals surface area contributed by atoms with Gasteiger partial charge >= 0.3 is 0 Å². The first-order valence-electron chi connectivity index (χ1n) is 14.1. The number of rotatable bonds is 12. The summed E-state index contributed by atoms with van der Waals surface area (Å²) in [6.07, 6.45) is 1.03. The summed E-state index contributed by atoms with van der Waals surface area (Å²) in [5.41, 5.74) is 10.1. The normalized spacial score (nSPS) is 12.0. The summed E-state index contributed by atoms with van der Waals surface area (Å²) in [4.78, 5) is 41.9. The van der Waals surface area contributed by atoms with Crippen LogP contribution in [0.4, 0.5) is 5.95 Å². The highest BCUT2D eigenvalue weighted by Gasteiger charge is 2.26. The van der Waals surface area contributed by atoms with Gasteiger partial charge in [-0.1, -0.05) is 30.3 Å². The van der Waals surface area contributed by atoms with Crippen molar-refractivity contribution in [2.75, 3.05) is 12.4 Å². The average Bonchev–Trinajstić information content (AvgIpc) is 3.56. The summed E-state index contributed by atoms with van der Waals surface area (Å²) >= 11 is 0. The SMILES string of the molecule is CCn1nc(C)cc1C(=O)Nc1nc2cc(C(N)=O)cc(OC)c2n1C(CCC=O)NCc1cc(C)c2ccccc2c1. The van der Waals surface area contributed by atoms with Gasteiger partial charge in [0.15, 0.2) is 0 Å². The van der Waals surface area contributed by atoms with Crippen molar-refractivity contribution in [1.29, 1.82) is 0 Å². The van der Waals surface area contributed by atoms with E-state index in [0.717, 1.165) is 22.8 Å². The van der Waals surface area contributed by atoms with Gasteiger partial charge in [-0.05, 0) is 73.4 Å². The lowest BCUT2D eigenvalue weighted by Gasteiger charge is -2.24. The van der Waals surface area contributed by atoms with Crippen LogP contribution in [0, 0.1) is 13.8 Å². The number of nitrogens with zero attached hydrogens (tertiary/aromatic N) is 4. The third kappa shape index (κ3) is 5.98. The number of carbonyl (C=O) groups is 3. The van der Waals surface area contributed by atoms with Gasteiger partial charge in [0, 0.05) is 25.1 Å². The number of fused-ring (bicyclic) bond motifs is 2. The lowest BCUT2D eigenvalue weighted by molar-refractivity contribution is -0.108. The Morgan fingerprint density at radius 3 is 2.63 bits per heavy atom. The molecular formula is C32H35N7O4. The van der Waals surface area contributed by atoms with Crippen molar-refractivity contribution in [3.63, 3.8) is 0 Å². The number of hydrogen-bond acceptors (Lipinski definition) is 7. The van der Waals surface area contributed by atoms with Crippen LogP contribution in [0.15, 0.2) is 54.6 Å². The molecule has 0 spiro atoms. The Labute approximate surface area is 249 Å². The minimum Gasteiger partial charge on any atom is -0.494 e. The fourth-order valence-corrected chi connectivity index (χ4v) is 5.48. The summed E-state index contributed by atoms with van der Waals surface area (Å²) in [5, 5.41) is 13.2. The van der Waals surface area contributed by atoms with E-state index in [4.69, 9.17) is 15.5 Å². The molecule has 2 amide bonds. The standard InChI is InChI=1S/C32H35N7O4/c1-5-38-26(14-20(3)37-38)31(42)36-32-35-25-16-23(30(33)41)17-27(43-4)29(25)39(32)28(11-8-12-40)34-18-21-13-19(2)24-10-7-6-9-22(24)15-21/h6-7,9-10,12-17,28,34H,5,8,11,18H2,1-4H3,(H2,33,41)(H,35,36,42). The number of amides is 2. The topological polar surface area (TPSA) is 146 Å². The maximum Gasteiger partial charge on any atom is 0.276 e. The highest BCUT2D eigenvalue weighted by Crippen LogP contribution is 2.34. The maximum atomic E-state index is 13.5. The molecule has 0 aliphatic carbocycles. The molecule has 4 N–H and O–H groups in total. The van der Waals surface area contributed by atoms with Gasteiger partial charge in [0.2, 0.25) is 11.9 Å². The summed E-state index contributed by atoms with van der Waals surface area (Å²) in [5.74, 6) is -0.454. The molecule has 0 fully saturated rings. The van der Waals surface area contributed by atoms with Crippen molar-refractivity contribution in [1.82, 2.24) is 24.6 Å². The average molecular weight is 582 g/mol. The number of anilines is 1. The number of benzene rings is 3. The van der Waals surface area contributed by atoms with Crippen LogP contribution in [-0.4, -0.2) is 44.5 Å². The van der Waals surface area contributed by atoms with Crippen LogP contribution in [0.25, 0.3) is 21.8 Å². The highest BCUT2D eigenvalue weighted by molar-refractivity contribution is 6.04. The second-order valence-corrected chi connectivity index (χ2v) is 10.4. The monoisotopic (exact) mass is 581 g/mol. The zero-order valence-electron chi connectivity index (χ0n) is 24.7. The van der Waals surface area contributed by atoms with E-state index in [2.05, 4.69) is 46.9 Å². The van der Waals surface area contributed by atoms with Gasteiger partial charge in [-0.2, -0.15) is 5.10 Å². The molecule has 0 aliphatic heterocycles. The summed E-state index contributed by atoms with van der Waals surface area (Å²) in [7, 11) is 1.49. The van der Waals surface area contributed by atoms with E-state index >= 15 is 0 Å². The molecule has 43 heavy (non-hydrogen) atoms. The predicted octanol–water partition coefficient (Wildman–Crippen LogP) is 4.65. The summed E-state index contributed by atoms with van der Waals surface area (Å²) in [6, 6.07) is 17.3. The minimum atomic E-state index is -0.634. The minimum absolute atomic E-state index is 0.218. The Balaban J connectivity index is 1.61. The number of primary amides is 1. The van der Waals surface area contributed by atoms with Crippen LogP contribution in [0.2, 0.25) is 0 Å². The molecule has 0 aliphatic rings. The summed E-state index contributed by atoms with van der Waals surface area (Å²) in [6.45, 7) is 6.80. The van der Waals surface area contributed by atoms with Crippen molar-refractivity contribution >= 4 is 45.9 Å². The number of aryl methyl sites for hydroxylation is 3. The maximum absolute atomic E-state index is 13.5. The van der Waals surface area contributed by atoms with Crippen molar-refractivity contribution < 1.29 is 19.1 Å². The van der Waals surface area contributed by atoms with Gasteiger partial charge < -0.3 is 15.3 Å². The van der Waals surface area contributed by atoms with Crippen LogP contribution in [0.3, 0.4) is 0 Å². The smallest absolute Gasteiger partial charge is 0.276 e. The number of ether oxygens (including phenoxy) is 1. The summed E-state index contributed by atoms with van der Waals surface area (Å²) < 4.78 is 9.12. The zero-order valence-corrected chi connectivity index (χ0v) is 24.7. The number of methoxy groups -OCH3 is 1. The Hall–Kier alpha value is -5.03. The molecule has 1 atom stereocenters. The lowest BCUT2D eigenvalue weighted by atomic mass is 10.0. The van der Waals surface area contributed by atoms with Gasteiger partial charge in [-0.3, -0.25) is 29.5 Å². The highest BCUT2D eigenvalue weighted by atomic mass is 16.5. The molecule has 2 heterocycles. The molecular weight excluding hydrogens is 546 g/mol. The Morgan fingerprint density at radius 1 is 1.12 bits per heavy atom. The van der Waals surface area contributed by atoms with Crippen molar-refractivity contribution in [2.45, 2.75) is 52.9 Å². The van der Waals surface area contributed by atoms with Crippen LogP contribution in [-0.2, 0) is 17.9 Å². The molecule has 1 unspecified atom stereocenters. The molecule has 5 aromatic rings. The Bertz CT molecular complexity index is 1840. The molecule has 0 radical (unpaired) electrons. The molecule has 3 aromatic carbocycles. The fraction of sp³-hybridized carbons (Fsp3) is 0.281. The van der Waals surface area contributed by atoms with E-state index in [1.807, 2.05) is 30.5 Å². The van der Waals surface area contributed by atoms with E-state index in [1.165, 1.54) is 12.5 Å². The fourth-order valence-electron chi connectivity index (χ4n) is 5.48. The first-order chi connectivity index (χ1) is 20.7. The van der Waals surface area contributed by atoms with Crippen molar-refractivity contribution in [2.24, 2.45) is 5.73 Å². The van der Waals surface area contributed by atoms with E-state index in [0.29, 0.717) is 47.7 Å². The number of nitrogens with two attached hydrogens (primary N) is 1. The number of nitrogens with one attached hydrogen (secondary N) is 2. The molecule has 11 nitrogen and oxygen atoms in total. The van der Waals surface area contributed by atoms with E-state index < -0.39 is 18.0 Å². The van der Waals surface area contributed by atoms with E-state index in [-0.39, 0.29) is 17.9 Å². The molecule has 0 bridgehead atoms. The number of carbonyl (C=O) groups excluding carboxylic acids is 3. The Kier molecular flexibility index (Phi) is 8.53. The Morgan fingerprint density at radius 2 is 1.91 bits per heavy atom. The van der Waals surface area contributed by atoms with Crippen LogP contribution >= 0.6 is 0 Å². The number of aromatic nitrogens is 4. The van der Waals surface area contributed by atoms with E-state index in [1.54, 1.807) is 22.9 Å². The van der Waals surface area contributed by atoms with Crippen LogP contribution < -0.4 is 21.1 Å². The quantitative estimate of drug-likeness (QED) is 0.182. The molecule has 0 saturated heterocycles. The third-order valence-corrected chi connectivity index (χ3v) is 7.45. The van der Waals surface area contributed by atoms with Gasteiger partial charge in [0.05, 0.1) is 24.5 Å². The molecule has 5 rings (SSSR count). The van der Waals surface area contributed by atoms with E-state index in [9.17, 15) is 14.4 Å². The second kappa shape index (κ2) is 12.5. The third-order valence-electron chi connectivity index (χ3n) is 7.45.